The molecule has 0 aliphatic rings. The van der Waals surface area contributed by atoms with Crippen LogP contribution in [0.15, 0.2) is 0 Å². The molecule has 1 atom stereocenters. The fourth-order valence-electron chi connectivity index (χ4n) is 3.38. The average molecular weight is 497 g/mol. The summed E-state index contributed by atoms with van der Waals surface area (Å²) in [7, 11) is -4.79. The summed E-state index contributed by atoms with van der Waals surface area (Å²) in [5.74, 6) is -2.70. The third-order valence-electron chi connectivity index (χ3n) is 5.22. The van der Waals surface area contributed by atoms with Crippen molar-refractivity contribution >= 4 is 81.2 Å². The fraction of sp³-hybridized carbons (Fsp3) is 0.909. The van der Waals surface area contributed by atoms with Crippen LogP contribution in [0.4, 0.5) is 0 Å². The van der Waals surface area contributed by atoms with Crippen LogP contribution in [0, 0.1) is 0 Å². The van der Waals surface area contributed by atoms with Gasteiger partial charge < -0.3 is 9.84 Å². The first kappa shape index (κ1) is 37.4. The Morgan fingerprint density at radius 3 is 1.38 bits per heavy atom. The van der Waals surface area contributed by atoms with E-state index in [1.54, 1.807) is 0 Å². The number of hydrogen-bond acceptors (Lipinski definition) is 5. The quantitative estimate of drug-likeness (QED) is 0.102. The molecule has 32 heavy (non-hydrogen) atoms. The molecule has 0 aromatic rings. The number of carboxylic acids is 1. The summed E-state index contributed by atoms with van der Waals surface area (Å²) in [6.45, 7) is 2.27. The number of ether oxygens (including phenoxy) is 1. The molecule has 0 bridgehead atoms. The van der Waals surface area contributed by atoms with Gasteiger partial charge in [-0.2, -0.15) is 8.42 Å². The standard InChI is InChI=1S/C22H42O7S.2Na/c1-2-3-4-5-6-7-8-9-10-11-12-13-14-15-16-17-18-29-22(25)20(19-21(23)24)30(26,27)28;;/h20H,2-19H2,1H3,(H,23,24)(H,26,27,28);;. The van der Waals surface area contributed by atoms with E-state index in [2.05, 4.69) is 6.92 Å². The molecule has 0 aliphatic carbocycles. The van der Waals surface area contributed by atoms with Crippen LogP contribution in [0.2, 0.25) is 0 Å². The molecule has 0 amide bonds. The molecular weight excluding hydrogens is 454 g/mol. The Morgan fingerprint density at radius 2 is 1.06 bits per heavy atom. The number of hydrogen-bond donors (Lipinski definition) is 2. The van der Waals surface area contributed by atoms with Gasteiger partial charge in [-0.05, 0) is 6.42 Å². The molecule has 2 N–H and O–H groups in total. The third-order valence-corrected chi connectivity index (χ3v) is 6.30. The number of carbonyl (C=O) groups excluding carboxylic acids is 1. The van der Waals surface area contributed by atoms with Crippen molar-refractivity contribution in [2.45, 2.75) is 121 Å². The zero-order valence-corrected chi connectivity index (χ0v) is 25.5. The molecule has 0 spiro atoms. The predicted molar refractivity (Wildman–Crippen MR) is 130 cm³/mol. The van der Waals surface area contributed by atoms with Gasteiger partial charge in [0, 0.05) is 59.1 Å². The van der Waals surface area contributed by atoms with E-state index in [1.165, 1.54) is 77.0 Å². The van der Waals surface area contributed by atoms with E-state index in [1.807, 2.05) is 0 Å². The van der Waals surface area contributed by atoms with E-state index >= 15 is 0 Å². The second-order valence-electron chi connectivity index (χ2n) is 8.07. The molecule has 0 aliphatic heterocycles. The first-order valence-corrected chi connectivity index (χ1v) is 13.1. The van der Waals surface area contributed by atoms with Crippen LogP contribution in [0.25, 0.3) is 0 Å². The Hall–Kier alpha value is 0.850. The molecule has 2 radical (unpaired) electrons. The summed E-state index contributed by atoms with van der Waals surface area (Å²) in [6, 6.07) is 0. The minimum Gasteiger partial charge on any atom is -0.481 e. The molecule has 0 saturated heterocycles. The predicted octanol–water partition coefficient (Wildman–Crippen LogP) is 4.76. The molecule has 0 aromatic heterocycles. The minimum atomic E-state index is -4.79. The largest absolute Gasteiger partial charge is 0.481 e. The van der Waals surface area contributed by atoms with Gasteiger partial charge in [-0.15, -0.1) is 0 Å². The van der Waals surface area contributed by atoms with Crippen molar-refractivity contribution in [2.75, 3.05) is 6.61 Å². The molecule has 0 rings (SSSR count). The number of carboxylic acid groups (broad SMARTS) is 1. The molecule has 1 unspecified atom stereocenters. The van der Waals surface area contributed by atoms with E-state index in [4.69, 9.17) is 14.4 Å². The van der Waals surface area contributed by atoms with E-state index in [0.717, 1.165) is 19.3 Å². The molecule has 180 valence electrons. The second-order valence-corrected chi connectivity index (χ2v) is 9.67. The van der Waals surface area contributed by atoms with Crippen LogP contribution in [-0.2, 0) is 24.4 Å². The average Bonchev–Trinajstić information content (AvgIpc) is 2.67. The van der Waals surface area contributed by atoms with Crippen molar-refractivity contribution in [1.29, 1.82) is 0 Å². The first-order valence-electron chi connectivity index (χ1n) is 11.6. The third kappa shape index (κ3) is 24.0. The van der Waals surface area contributed by atoms with Crippen LogP contribution in [0.5, 0.6) is 0 Å². The van der Waals surface area contributed by atoms with Gasteiger partial charge in [-0.1, -0.05) is 103 Å². The van der Waals surface area contributed by atoms with Crippen LogP contribution >= 0.6 is 0 Å². The summed E-state index contributed by atoms with van der Waals surface area (Å²) in [5, 5.41) is 6.57. The Balaban J connectivity index is -0.00000420. The smallest absolute Gasteiger partial charge is 0.327 e. The van der Waals surface area contributed by atoms with E-state index < -0.39 is 33.7 Å². The molecule has 0 heterocycles. The molecule has 0 saturated carbocycles. The molecule has 0 aromatic carbocycles. The molecular formula is C22H42Na2O7S. The van der Waals surface area contributed by atoms with Crippen LogP contribution in [0.1, 0.15) is 116 Å². The number of unbranched alkanes of at least 4 members (excludes halogenated alkanes) is 15. The first-order chi connectivity index (χ1) is 14.3. The van der Waals surface area contributed by atoms with Crippen molar-refractivity contribution in [3.8, 4) is 0 Å². The van der Waals surface area contributed by atoms with E-state index in [-0.39, 0.29) is 65.7 Å². The van der Waals surface area contributed by atoms with Crippen LogP contribution < -0.4 is 0 Å². The number of esters is 1. The summed E-state index contributed by atoms with van der Waals surface area (Å²) in [6.07, 6.45) is 18.5. The summed E-state index contributed by atoms with van der Waals surface area (Å²) < 4.78 is 35.9. The maximum Gasteiger partial charge on any atom is 0.327 e. The van der Waals surface area contributed by atoms with Crippen molar-refractivity contribution in [1.82, 2.24) is 0 Å². The Bertz CT molecular complexity index is 556. The van der Waals surface area contributed by atoms with Gasteiger partial charge in [0.25, 0.3) is 10.1 Å². The maximum atomic E-state index is 11.7. The Kier molecular flexibility index (Phi) is 29.2. The van der Waals surface area contributed by atoms with E-state index in [9.17, 15) is 18.0 Å². The Labute approximate surface area is 239 Å². The zero-order valence-electron chi connectivity index (χ0n) is 20.6. The number of carbonyl (C=O) groups is 2. The summed E-state index contributed by atoms with van der Waals surface area (Å²) >= 11 is 0. The van der Waals surface area contributed by atoms with Gasteiger partial charge in [-0.3, -0.25) is 14.1 Å². The number of rotatable bonds is 21. The van der Waals surface area contributed by atoms with Crippen molar-refractivity contribution in [3.05, 3.63) is 0 Å². The Morgan fingerprint density at radius 1 is 0.719 bits per heavy atom. The van der Waals surface area contributed by atoms with Crippen LogP contribution in [0.3, 0.4) is 0 Å². The van der Waals surface area contributed by atoms with Gasteiger partial charge in [0.05, 0.1) is 13.0 Å². The normalized spacial score (nSPS) is 11.8. The van der Waals surface area contributed by atoms with Gasteiger partial charge in [-0.25, -0.2) is 0 Å². The van der Waals surface area contributed by atoms with Crippen LogP contribution in [-0.4, -0.2) is 101 Å². The van der Waals surface area contributed by atoms with Crippen molar-refractivity contribution in [2.24, 2.45) is 0 Å². The topological polar surface area (TPSA) is 118 Å². The van der Waals surface area contributed by atoms with Crippen molar-refractivity contribution < 1.29 is 32.4 Å². The summed E-state index contributed by atoms with van der Waals surface area (Å²) in [4.78, 5) is 22.3. The maximum absolute atomic E-state index is 11.7. The van der Waals surface area contributed by atoms with Gasteiger partial charge in [0.2, 0.25) is 0 Å². The SMILES string of the molecule is CCCCCCCCCCCCCCCCCCOC(=O)C(CC(=O)O)S(=O)(=O)O.[Na].[Na]. The van der Waals surface area contributed by atoms with Crippen molar-refractivity contribution in [3.63, 3.8) is 0 Å². The monoisotopic (exact) mass is 496 g/mol. The molecule has 7 nitrogen and oxygen atoms in total. The van der Waals surface area contributed by atoms with Gasteiger partial charge in [0.1, 0.15) is 0 Å². The van der Waals surface area contributed by atoms with Gasteiger partial charge >= 0.3 is 11.9 Å². The van der Waals surface area contributed by atoms with Gasteiger partial charge in [0.15, 0.2) is 5.25 Å². The molecule has 0 fully saturated rings. The summed E-state index contributed by atoms with van der Waals surface area (Å²) in [5.41, 5.74) is 0. The second kappa shape index (κ2) is 25.0. The minimum absolute atomic E-state index is 0. The molecule has 10 heteroatoms. The fourth-order valence-corrected chi connectivity index (χ4v) is 4.05. The zero-order chi connectivity index (χ0) is 22.7. The number of aliphatic carboxylic acids is 1. The van der Waals surface area contributed by atoms with E-state index in [0.29, 0.717) is 6.42 Å².